The molecule has 13 heavy (non-hydrogen) atoms. The maximum absolute atomic E-state index is 8.56. The van der Waals surface area contributed by atoms with Crippen molar-refractivity contribution in [1.29, 1.82) is 0 Å². The van der Waals surface area contributed by atoms with Gasteiger partial charge in [-0.15, -0.1) is 0 Å². The van der Waals surface area contributed by atoms with Gasteiger partial charge >= 0.3 is 12.3 Å². The fourth-order valence-corrected chi connectivity index (χ4v) is 0. The van der Waals surface area contributed by atoms with E-state index in [0.717, 1.165) is 0 Å². The van der Waals surface area contributed by atoms with Crippen molar-refractivity contribution in [2.24, 2.45) is 0 Å². The zero-order chi connectivity index (χ0) is 7.15. The van der Waals surface area contributed by atoms with Crippen LogP contribution in [0.2, 0.25) is 0 Å². The SMILES string of the molecule is N.N.O.O.O=C(O)O.O=C(O)O.[Zr]. The number of hydrogen-bond donors (Lipinski definition) is 6. The zero-order valence-corrected chi connectivity index (χ0v) is 8.98. The van der Waals surface area contributed by atoms with E-state index in [-0.39, 0.29) is 49.5 Å². The van der Waals surface area contributed by atoms with Gasteiger partial charge in [0.05, 0.1) is 0 Å². The van der Waals surface area contributed by atoms with Gasteiger partial charge in [0, 0.05) is 26.2 Å². The van der Waals surface area contributed by atoms with Crippen molar-refractivity contribution < 1.29 is 67.2 Å². The Labute approximate surface area is 92.1 Å². The Hall–Kier alpha value is -0.737. The van der Waals surface area contributed by atoms with Crippen LogP contribution in [0.4, 0.5) is 9.59 Å². The molecular weight excluding hydrogens is 271 g/mol. The monoisotopic (exact) mass is 284 g/mol. The van der Waals surface area contributed by atoms with Crippen molar-refractivity contribution in [3.05, 3.63) is 0 Å². The molecule has 84 valence electrons. The molecule has 0 aliphatic rings. The quantitative estimate of drug-likeness (QED) is 0.325. The van der Waals surface area contributed by atoms with Crippen LogP contribution in [0.1, 0.15) is 0 Å². The summed E-state index contributed by atoms with van der Waals surface area (Å²) in [6.45, 7) is 0. The summed E-state index contributed by atoms with van der Waals surface area (Å²) in [5, 5.41) is 27.9. The summed E-state index contributed by atoms with van der Waals surface area (Å²) in [6, 6.07) is 0. The summed E-state index contributed by atoms with van der Waals surface area (Å²) in [5.74, 6) is 0. The largest absolute Gasteiger partial charge is 0.503 e. The Bertz CT molecular complexity index is 78.1. The molecule has 0 aromatic heterocycles. The van der Waals surface area contributed by atoms with Crippen molar-refractivity contribution in [1.82, 2.24) is 12.3 Å². The fourth-order valence-electron chi connectivity index (χ4n) is 0. The molecule has 0 heterocycles. The molecule has 0 saturated heterocycles. The van der Waals surface area contributed by atoms with E-state index in [2.05, 4.69) is 0 Å². The van der Waals surface area contributed by atoms with Crippen molar-refractivity contribution >= 4 is 12.3 Å². The Balaban J connectivity index is -0.00000000800. The minimum absolute atomic E-state index is 0. The molecule has 0 aliphatic heterocycles. The molecule has 0 aromatic rings. The molecule has 11 heteroatoms. The van der Waals surface area contributed by atoms with Gasteiger partial charge in [0.1, 0.15) is 0 Å². The van der Waals surface area contributed by atoms with Crippen LogP contribution in [0.3, 0.4) is 0 Å². The van der Waals surface area contributed by atoms with Crippen molar-refractivity contribution in [2.75, 3.05) is 0 Å². The molecule has 0 fully saturated rings. The topological polar surface area (TPSA) is 248 Å². The molecule has 0 amide bonds. The van der Waals surface area contributed by atoms with Gasteiger partial charge in [-0.2, -0.15) is 0 Å². The van der Waals surface area contributed by atoms with Crippen molar-refractivity contribution in [3.63, 3.8) is 0 Å². The minimum Gasteiger partial charge on any atom is -0.450 e. The van der Waals surface area contributed by atoms with Crippen molar-refractivity contribution in [2.45, 2.75) is 0 Å². The zero-order valence-electron chi connectivity index (χ0n) is 6.52. The molecule has 0 saturated carbocycles. The Morgan fingerprint density at radius 3 is 0.692 bits per heavy atom. The molecule has 10 nitrogen and oxygen atoms in total. The average Bonchev–Trinajstić information content (AvgIpc) is 1.25. The Morgan fingerprint density at radius 1 is 0.692 bits per heavy atom. The normalized spacial score (nSPS) is 3.69. The molecular formula is C2H14N2O8Zr. The average molecular weight is 285 g/mol. The van der Waals surface area contributed by atoms with Crippen LogP contribution in [0, 0.1) is 0 Å². The van der Waals surface area contributed by atoms with Gasteiger partial charge in [0.25, 0.3) is 0 Å². The third-order valence-corrected chi connectivity index (χ3v) is 0. The molecule has 0 aromatic carbocycles. The first-order valence-corrected chi connectivity index (χ1v) is 1.30. The maximum atomic E-state index is 8.56. The molecule has 0 spiro atoms. The van der Waals surface area contributed by atoms with E-state index in [1.54, 1.807) is 0 Å². The molecule has 0 rings (SSSR count). The van der Waals surface area contributed by atoms with Gasteiger partial charge in [-0.05, 0) is 0 Å². The smallest absolute Gasteiger partial charge is 0.450 e. The van der Waals surface area contributed by atoms with E-state index in [9.17, 15) is 0 Å². The summed E-state index contributed by atoms with van der Waals surface area (Å²) in [5.41, 5.74) is 0. The van der Waals surface area contributed by atoms with Crippen LogP contribution in [0.15, 0.2) is 0 Å². The number of carboxylic acid groups (broad SMARTS) is 4. The van der Waals surface area contributed by atoms with E-state index in [4.69, 9.17) is 30.0 Å². The van der Waals surface area contributed by atoms with Gasteiger partial charge < -0.3 is 43.7 Å². The summed E-state index contributed by atoms with van der Waals surface area (Å²) < 4.78 is 0. The van der Waals surface area contributed by atoms with Crippen LogP contribution in [-0.4, -0.2) is 43.7 Å². The number of carbonyl (C=O) groups is 2. The third-order valence-electron chi connectivity index (χ3n) is 0. The van der Waals surface area contributed by atoms with Gasteiger partial charge in [-0.25, -0.2) is 9.59 Å². The second-order valence-electron chi connectivity index (χ2n) is 0.565. The van der Waals surface area contributed by atoms with E-state index in [1.807, 2.05) is 0 Å². The van der Waals surface area contributed by atoms with E-state index < -0.39 is 12.3 Å². The summed E-state index contributed by atoms with van der Waals surface area (Å²) in [6.07, 6.45) is -3.67. The third kappa shape index (κ3) is 1780. The first-order chi connectivity index (χ1) is 3.46. The van der Waals surface area contributed by atoms with Crippen molar-refractivity contribution in [3.8, 4) is 0 Å². The van der Waals surface area contributed by atoms with Crippen LogP contribution in [-0.2, 0) is 26.2 Å². The van der Waals surface area contributed by atoms with E-state index in [0.29, 0.717) is 0 Å². The molecule has 0 atom stereocenters. The molecule has 0 bridgehead atoms. The van der Waals surface area contributed by atoms with Crippen LogP contribution < -0.4 is 12.3 Å². The second kappa shape index (κ2) is 42.8. The van der Waals surface area contributed by atoms with E-state index in [1.165, 1.54) is 0 Å². The number of hydrogen-bond acceptors (Lipinski definition) is 4. The summed E-state index contributed by atoms with van der Waals surface area (Å²) in [4.78, 5) is 17.1. The fraction of sp³-hybridized carbons (Fsp3) is 0. The van der Waals surface area contributed by atoms with Crippen LogP contribution in [0.25, 0.3) is 0 Å². The molecule has 0 aliphatic carbocycles. The summed E-state index contributed by atoms with van der Waals surface area (Å²) >= 11 is 0. The van der Waals surface area contributed by atoms with Gasteiger partial charge in [0.2, 0.25) is 0 Å². The van der Waals surface area contributed by atoms with Gasteiger partial charge in [-0.1, -0.05) is 0 Å². The maximum Gasteiger partial charge on any atom is 0.503 e. The first kappa shape index (κ1) is 56.2. The number of rotatable bonds is 0. The second-order valence-corrected chi connectivity index (χ2v) is 0.565. The summed E-state index contributed by atoms with van der Waals surface area (Å²) in [7, 11) is 0. The van der Waals surface area contributed by atoms with Gasteiger partial charge in [0.15, 0.2) is 0 Å². The van der Waals surface area contributed by atoms with Gasteiger partial charge in [-0.3, -0.25) is 0 Å². The van der Waals surface area contributed by atoms with Crippen LogP contribution in [0.5, 0.6) is 0 Å². The molecule has 0 unspecified atom stereocenters. The molecule has 0 radical (unpaired) electrons. The minimum atomic E-state index is -1.83. The Morgan fingerprint density at radius 2 is 0.692 bits per heavy atom. The predicted molar refractivity (Wildman–Crippen MR) is 38.6 cm³/mol. The Kier molecular flexibility index (Phi) is 185. The molecule has 14 N–H and O–H groups in total. The van der Waals surface area contributed by atoms with E-state index >= 15 is 0 Å². The van der Waals surface area contributed by atoms with Crippen LogP contribution >= 0.6 is 0 Å². The predicted octanol–water partition coefficient (Wildman–Crippen LogP) is -0.883. The standard InChI is InChI=1S/2CH2O3.2H3N.2H2O.Zr/c2*2-1(3)4;;;;;/h2*(H2,2,3,4);2*1H3;2*1H2;. The first-order valence-electron chi connectivity index (χ1n) is 1.30.